The Morgan fingerprint density at radius 1 is 1.43 bits per heavy atom. The van der Waals surface area contributed by atoms with Crippen LogP contribution in [0.1, 0.15) is 41.9 Å². The molecule has 1 aromatic heterocycles. The molecule has 14 heavy (non-hydrogen) atoms. The third-order valence-electron chi connectivity index (χ3n) is 2.77. The lowest BCUT2D eigenvalue weighted by atomic mass is 9.81. The van der Waals surface area contributed by atoms with E-state index in [1.165, 1.54) is 19.3 Å². The van der Waals surface area contributed by atoms with Gasteiger partial charge in [0.25, 0.3) is 0 Å². The molecule has 0 aliphatic heterocycles. The van der Waals surface area contributed by atoms with Crippen LogP contribution in [0.2, 0.25) is 0 Å². The number of nitrogens with zero attached hydrogens (tertiary/aromatic N) is 2. The molecule has 0 radical (unpaired) electrons. The first kappa shape index (κ1) is 9.31. The van der Waals surface area contributed by atoms with Crippen LogP contribution in [0.3, 0.4) is 0 Å². The monoisotopic (exact) mass is 190 g/mol. The number of Topliss-reactive ketones (excluding diaryl/α,β-unsaturated/α-hetero) is 1. The molecular formula is C11H14N2O. The highest BCUT2D eigenvalue weighted by atomic mass is 16.1. The van der Waals surface area contributed by atoms with E-state index >= 15 is 0 Å². The average Bonchev–Trinajstić information content (AvgIpc) is 2.12. The molecule has 3 nitrogen and oxygen atoms in total. The van der Waals surface area contributed by atoms with E-state index in [1.54, 1.807) is 12.4 Å². The topological polar surface area (TPSA) is 42.9 Å². The van der Waals surface area contributed by atoms with Crippen molar-refractivity contribution in [3.63, 3.8) is 0 Å². The molecule has 0 amide bonds. The highest BCUT2D eigenvalue weighted by Gasteiger charge is 2.21. The number of aryl methyl sites for hydroxylation is 1. The lowest BCUT2D eigenvalue weighted by molar-refractivity contribution is 0.0931. The van der Waals surface area contributed by atoms with E-state index in [9.17, 15) is 4.79 Å². The van der Waals surface area contributed by atoms with E-state index in [-0.39, 0.29) is 5.78 Å². The fourth-order valence-corrected chi connectivity index (χ4v) is 1.60. The van der Waals surface area contributed by atoms with Crippen molar-refractivity contribution in [1.82, 2.24) is 9.97 Å². The average molecular weight is 190 g/mol. The maximum Gasteiger partial charge on any atom is 0.183 e. The summed E-state index contributed by atoms with van der Waals surface area (Å²) in [6.45, 7) is 1.87. The quantitative estimate of drug-likeness (QED) is 0.686. The second-order valence-electron chi connectivity index (χ2n) is 3.97. The number of ketones is 1. The molecule has 0 bridgehead atoms. The van der Waals surface area contributed by atoms with Gasteiger partial charge in [0.1, 0.15) is 5.69 Å². The maximum absolute atomic E-state index is 11.7. The van der Waals surface area contributed by atoms with Crippen LogP contribution >= 0.6 is 0 Å². The summed E-state index contributed by atoms with van der Waals surface area (Å²) in [7, 11) is 0. The third-order valence-corrected chi connectivity index (χ3v) is 2.77. The van der Waals surface area contributed by atoms with Crippen LogP contribution in [0.15, 0.2) is 12.4 Å². The zero-order valence-electron chi connectivity index (χ0n) is 8.36. The van der Waals surface area contributed by atoms with Gasteiger partial charge in [0.05, 0.1) is 11.9 Å². The van der Waals surface area contributed by atoms with Crippen LogP contribution < -0.4 is 0 Å². The molecule has 1 saturated carbocycles. The fourth-order valence-electron chi connectivity index (χ4n) is 1.60. The molecule has 1 aliphatic rings. The van der Waals surface area contributed by atoms with Gasteiger partial charge < -0.3 is 0 Å². The van der Waals surface area contributed by atoms with Gasteiger partial charge in [-0.3, -0.25) is 9.78 Å². The van der Waals surface area contributed by atoms with Crippen molar-refractivity contribution in [2.45, 2.75) is 32.6 Å². The van der Waals surface area contributed by atoms with Gasteiger partial charge in [0.2, 0.25) is 0 Å². The summed E-state index contributed by atoms with van der Waals surface area (Å²) in [5, 5.41) is 0. The standard InChI is InChI=1S/C11H14N2O/c1-8-6-13-10(7-12-8)11(14)5-9-3-2-4-9/h6-7,9H,2-5H2,1H3. The van der Waals surface area contributed by atoms with E-state index in [2.05, 4.69) is 9.97 Å². The van der Waals surface area contributed by atoms with Crippen molar-refractivity contribution in [3.8, 4) is 0 Å². The second kappa shape index (κ2) is 3.86. The first-order valence-electron chi connectivity index (χ1n) is 5.07. The molecule has 1 fully saturated rings. The SMILES string of the molecule is Cc1cnc(C(=O)CC2CCC2)cn1. The summed E-state index contributed by atoms with van der Waals surface area (Å²) in [6.07, 6.45) is 7.55. The Balaban J connectivity index is 1.99. The van der Waals surface area contributed by atoms with Gasteiger partial charge in [-0.25, -0.2) is 4.98 Å². The predicted octanol–water partition coefficient (Wildman–Crippen LogP) is 2.16. The second-order valence-corrected chi connectivity index (χ2v) is 3.97. The van der Waals surface area contributed by atoms with Crippen LogP contribution in [-0.4, -0.2) is 15.8 Å². The Kier molecular flexibility index (Phi) is 2.57. The van der Waals surface area contributed by atoms with E-state index in [0.717, 1.165) is 5.69 Å². The van der Waals surface area contributed by atoms with E-state index in [4.69, 9.17) is 0 Å². The van der Waals surface area contributed by atoms with Gasteiger partial charge in [-0.1, -0.05) is 19.3 Å². The van der Waals surface area contributed by atoms with Gasteiger partial charge in [-0.05, 0) is 12.8 Å². The van der Waals surface area contributed by atoms with Crippen LogP contribution in [-0.2, 0) is 0 Å². The molecule has 0 aromatic carbocycles. The van der Waals surface area contributed by atoms with Crippen LogP contribution in [0.4, 0.5) is 0 Å². The van der Waals surface area contributed by atoms with Crippen LogP contribution in [0, 0.1) is 12.8 Å². The number of aromatic nitrogens is 2. The molecule has 3 heteroatoms. The van der Waals surface area contributed by atoms with Gasteiger partial charge in [-0.2, -0.15) is 0 Å². The van der Waals surface area contributed by atoms with Crippen molar-refractivity contribution in [3.05, 3.63) is 23.8 Å². The summed E-state index contributed by atoms with van der Waals surface area (Å²) in [5.74, 6) is 0.743. The molecule has 1 heterocycles. The van der Waals surface area contributed by atoms with Crippen molar-refractivity contribution < 1.29 is 4.79 Å². The minimum atomic E-state index is 0.141. The van der Waals surface area contributed by atoms with Crippen LogP contribution in [0.25, 0.3) is 0 Å². The molecular weight excluding hydrogens is 176 g/mol. The predicted molar refractivity (Wildman–Crippen MR) is 53.1 cm³/mol. The Labute approximate surface area is 83.6 Å². The third kappa shape index (κ3) is 1.97. The van der Waals surface area contributed by atoms with Gasteiger partial charge >= 0.3 is 0 Å². The Morgan fingerprint density at radius 3 is 2.71 bits per heavy atom. The maximum atomic E-state index is 11.7. The highest BCUT2D eigenvalue weighted by Crippen LogP contribution is 2.30. The highest BCUT2D eigenvalue weighted by molar-refractivity contribution is 5.94. The van der Waals surface area contributed by atoms with Gasteiger partial charge in [-0.15, -0.1) is 0 Å². The van der Waals surface area contributed by atoms with Crippen molar-refractivity contribution in [1.29, 1.82) is 0 Å². The number of carbonyl (C=O) groups excluding carboxylic acids is 1. The molecule has 0 spiro atoms. The van der Waals surface area contributed by atoms with E-state index in [0.29, 0.717) is 18.0 Å². The normalized spacial score (nSPS) is 16.4. The minimum absolute atomic E-state index is 0.141. The smallest absolute Gasteiger partial charge is 0.183 e. The van der Waals surface area contributed by atoms with Crippen molar-refractivity contribution in [2.75, 3.05) is 0 Å². The molecule has 0 saturated heterocycles. The van der Waals surface area contributed by atoms with E-state index < -0.39 is 0 Å². The fraction of sp³-hybridized carbons (Fsp3) is 0.545. The first-order chi connectivity index (χ1) is 6.75. The molecule has 74 valence electrons. The van der Waals surface area contributed by atoms with Crippen LogP contribution in [0.5, 0.6) is 0 Å². The lowest BCUT2D eigenvalue weighted by Gasteiger charge is -2.23. The Morgan fingerprint density at radius 2 is 2.21 bits per heavy atom. The number of carbonyl (C=O) groups is 1. The van der Waals surface area contributed by atoms with Crippen molar-refractivity contribution >= 4 is 5.78 Å². The summed E-state index contributed by atoms with van der Waals surface area (Å²) >= 11 is 0. The van der Waals surface area contributed by atoms with Gasteiger partial charge in [0, 0.05) is 12.6 Å². The Bertz CT molecular complexity index is 328. The lowest BCUT2D eigenvalue weighted by Crippen LogP contribution is -2.16. The minimum Gasteiger partial charge on any atom is -0.292 e. The summed E-state index contributed by atoms with van der Waals surface area (Å²) < 4.78 is 0. The Hall–Kier alpha value is -1.25. The molecule has 0 N–H and O–H groups in total. The first-order valence-corrected chi connectivity index (χ1v) is 5.07. The zero-order valence-corrected chi connectivity index (χ0v) is 8.36. The summed E-state index contributed by atoms with van der Waals surface area (Å²) in [5.41, 5.74) is 1.37. The molecule has 1 aliphatic carbocycles. The van der Waals surface area contributed by atoms with E-state index in [1.807, 2.05) is 6.92 Å². The molecule has 0 unspecified atom stereocenters. The molecule has 1 aromatic rings. The largest absolute Gasteiger partial charge is 0.292 e. The molecule has 2 rings (SSSR count). The number of hydrogen-bond acceptors (Lipinski definition) is 3. The zero-order chi connectivity index (χ0) is 9.97. The number of rotatable bonds is 3. The molecule has 0 atom stereocenters. The van der Waals surface area contributed by atoms with Gasteiger partial charge in [0.15, 0.2) is 5.78 Å². The summed E-state index contributed by atoms with van der Waals surface area (Å²) in [6, 6.07) is 0. The summed E-state index contributed by atoms with van der Waals surface area (Å²) in [4.78, 5) is 19.8. The van der Waals surface area contributed by atoms with Crippen molar-refractivity contribution in [2.24, 2.45) is 5.92 Å². The number of hydrogen-bond donors (Lipinski definition) is 0.